The normalized spacial score (nSPS) is 13.6. The molecule has 0 aliphatic carbocycles. The Labute approximate surface area is 296 Å². The van der Waals surface area contributed by atoms with Crippen LogP contribution in [-0.2, 0) is 14.4 Å². The van der Waals surface area contributed by atoms with E-state index in [0.717, 1.165) is 42.1 Å². The van der Waals surface area contributed by atoms with Crippen LogP contribution in [0.4, 0.5) is 5.69 Å². The quantitative estimate of drug-likeness (QED) is 0.136. The first-order valence-corrected chi connectivity index (χ1v) is 16.5. The Morgan fingerprint density at radius 3 is 2.06 bits per heavy atom. The molecule has 1 amide bonds. The Morgan fingerprint density at radius 2 is 1.46 bits per heavy atom. The van der Waals surface area contributed by atoms with Crippen LogP contribution in [0.2, 0.25) is 0 Å². The Kier molecular flexibility index (Phi) is 15.6. The summed E-state index contributed by atoms with van der Waals surface area (Å²) in [6, 6.07) is 17.2. The van der Waals surface area contributed by atoms with Gasteiger partial charge in [-0.1, -0.05) is 12.1 Å². The summed E-state index contributed by atoms with van der Waals surface area (Å²) in [6.07, 6.45) is 2.95. The largest absolute Gasteiger partial charge is 0.497 e. The Morgan fingerprint density at radius 1 is 0.800 bits per heavy atom. The van der Waals surface area contributed by atoms with Gasteiger partial charge >= 0.3 is 11.9 Å². The van der Waals surface area contributed by atoms with Crippen molar-refractivity contribution in [1.29, 1.82) is 0 Å². The van der Waals surface area contributed by atoms with Gasteiger partial charge in [0.1, 0.15) is 29.1 Å². The summed E-state index contributed by atoms with van der Waals surface area (Å²) in [7, 11) is 10.3. The van der Waals surface area contributed by atoms with Crippen LogP contribution in [0.1, 0.15) is 23.7 Å². The molecule has 1 heterocycles. The number of carbonyl (C=O) groups excluding carboxylic acids is 1. The number of amides is 1. The molecule has 1 aliphatic rings. The molecule has 1 unspecified atom stereocenters. The smallest absolute Gasteiger partial charge is 0.328 e. The van der Waals surface area contributed by atoms with E-state index < -0.39 is 17.2 Å². The predicted octanol–water partition coefficient (Wildman–Crippen LogP) is 5.41. The van der Waals surface area contributed by atoms with Crippen molar-refractivity contribution in [2.75, 3.05) is 73.7 Å². The van der Waals surface area contributed by atoms with Crippen LogP contribution in [0.25, 0.3) is 0 Å². The van der Waals surface area contributed by atoms with E-state index in [0.29, 0.717) is 59.9 Å². The molecule has 0 spiro atoms. The van der Waals surface area contributed by atoms with Gasteiger partial charge in [-0.05, 0) is 56.8 Å². The van der Waals surface area contributed by atoms with Crippen molar-refractivity contribution >= 4 is 35.3 Å². The fourth-order valence-corrected chi connectivity index (χ4v) is 6.18. The van der Waals surface area contributed by atoms with E-state index in [1.165, 1.54) is 0 Å². The lowest BCUT2D eigenvalue weighted by Crippen LogP contribution is -2.33. The molecule has 14 heteroatoms. The molecule has 3 aromatic carbocycles. The third-order valence-corrected chi connectivity index (χ3v) is 8.76. The highest BCUT2D eigenvalue weighted by molar-refractivity contribution is 8.00. The zero-order chi connectivity index (χ0) is 36.6. The van der Waals surface area contributed by atoms with Crippen LogP contribution in [0.5, 0.6) is 34.5 Å². The number of carboxylic acid groups (broad SMARTS) is 2. The van der Waals surface area contributed by atoms with Gasteiger partial charge in [-0.15, -0.1) is 11.8 Å². The molecule has 0 bridgehead atoms. The molecule has 2 N–H and O–H groups in total. The average Bonchev–Trinajstić information content (AvgIpc) is 3.12. The number of hydrogen-bond donors (Lipinski definition) is 2. The first-order chi connectivity index (χ1) is 24.0. The fraction of sp³-hybridized carbons (Fsp3) is 0.361. The Balaban J connectivity index is 0.000000753. The SMILES string of the molecule is COc1ccc(OCCCCN(C)CCOc2cc(OC)c(OC)c(OC)c2)c(C2Sc3ccccc3N(C)C2=O)c1.O=C(O)C=CC(=O)O. The molecule has 13 nitrogen and oxygen atoms in total. The maximum absolute atomic E-state index is 13.3. The topological polar surface area (TPSA) is 154 Å². The van der Waals surface area contributed by atoms with Gasteiger partial charge in [0.05, 0.1) is 40.7 Å². The summed E-state index contributed by atoms with van der Waals surface area (Å²) in [4.78, 5) is 37.5. The molecular weight excluding hydrogens is 668 g/mol. The summed E-state index contributed by atoms with van der Waals surface area (Å²) in [5.41, 5.74) is 1.75. The number of para-hydroxylation sites is 1. The first-order valence-electron chi connectivity index (χ1n) is 15.6. The third kappa shape index (κ3) is 11.2. The molecule has 0 aromatic heterocycles. The van der Waals surface area contributed by atoms with Gasteiger partial charge in [0.25, 0.3) is 0 Å². The van der Waals surface area contributed by atoms with E-state index in [1.807, 2.05) is 49.5 Å². The first kappa shape index (κ1) is 39.4. The van der Waals surface area contributed by atoms with E-state index in [-0.39, 0.29) is 5.91 Å². The number of aliphatic carboxylic acids is 2. The van der Waals surface area contributed by atoms with E-state index in [1.54, 1.807) is 57.2 Å². The van der Waals surface area contributed by atoms with Crippen molar-refractivity contribution in [2.45, 2.75) is 23.0 Å². The fourth-order valence-electron chi connectivity index (χ4n) is 4.87. The van der Waals surface area contributed by atoms with Gasteiger partial charge in [0, 0.05) is 48.3 Å². The second kappa shape index (κ2) is 19.8. The number of nitrogens with zero attached hydrogens (tertiary/aromatic N) is 2. The number of unbranched alkanes of at least 4 members (excludes halogenated alkanes) is 1. The van der Waals surface area contributed by atoms with Crippen molar-refractivity contribution in [3.05, 3.63) is 72.3 Å². The van der Waals surface area contributed by atoms with E-state index in [9.17, 15) is 14.4 Å². The van der Waals surface area contributed by atoms with Crippen molar-refractivity contribution in [1.82, 2.24) is 4.90 Å². The van der Waals surface area contributed by atoms with Crippen molar-refractivity contribution in [3.63, 3.8) is 0 Å². The molecule has 0 saturated carbocycles. The maximum Gasteiger partial charge on any atom is 0.328 e. The van der Waals surface area contributed by atoms with Crippen LogP contribution in [-0.4, -0.2) is 102 Å². The number of rotatable bonds is 17. The lowest BCUT2D eigenvalue weighted by molar-refractivity contribution is -0.134. The van der Waals surface area contributed by atoms with Gasteiger partial charge in [-0.2, -0.15) is 0 Å². The lowest BCUT2D eigenvalue weighted by Gasteiger charge is -2.32. The van der Waals surface area contributed by atoms with Crippen LogP contribution >= 0.6 is 11.8 Å². The van der Waals surface area contributed by atoms with Gasteiger partial charge in [-0.25, -0.2) is 9.59 Å². The Bertz CT molecular complexity index is 1590. The van der Waals surface area contributed by atoms with Gasteiger partial charge < -0.3 is 48.4 Å². The number of methoxy groups -OCH3 is 4. The molecule has 0 radical (unpaired) electrons. The molecule has 0 fully saturated rings. The van der Waals surface area contributed by atoms with E-state index in [4.69, 9.17) is 38.6 Å². The minimum Gasteiger partial charge on any atom is -0.497 e. The van der Waals surface area contributed by atoms with Crippen LogP contribution in [0.15, 0.2) is 71.6 Å². The van der Waals surface area contributed by atoms with Crippen LogP contribution in [0.3, 0.4) is 0 Å². The zero-order valence-corrected chi connectivity index (χ0v) is 29.9. The average molecular weight is 713 g/mol. The molecule has 4 rings (SSSR count). The number of benzene rings is 3. The van der Waals surface area contributed by atoms with Crippen LogP contribution < -0.4 is 33.3 Å². The molecule has 0 saturated heterocycles. The molecule has 1 aliphatic heterocycles. The number of ether oxygens (including phenoxy) is 6. The number of hydrogen-bond acceptors (Lipinski definition) is 11. The van der Waals surface area contributed by atoms with Crippen LogP contribution in [0, 0.1) is 0 Å². The van der Waals surface area contributed by atoms with E-state index in [2.05, 4.69) is 11.9 Å². The number of likely N-dealkylation sites (N-methyl/N-ethyl adjacent to an activating group) is 2. The second-order valence-electron chi connectivity index (χ2n) is 10.8. The van der Waals surface area contributed by atoms with Gasteiger partial charge in [0.2, 0.25) is 11.7 Å². The van der Waals surface area contributed by atoms with Crippen molar-refractivity contribution in [2.24, 2.45) is 0 Å². The number of carboxylic acids is 2. The second-order valence-corrected chi connectivity index (χ2v) is 12.0. The minimum atomic E-state index is -1.26. The predicted molar refractivity (Wildman–Crippen MR) is 190 cm³/mol. The zero-order valence-electron chi connectivity index (χ0n) is 29.0. The summed E-state index contributed by atoms with van der Waals surface area (Å²) in [6.45, 7) is 2.73. The number of carbonyl (C=O) groups is 3. The molecular formula is C36H44N2O11S. The number of anilines is 1. The maximum atomic E-state index is 13.3. The standard InChI is InChI=1S/C32H40N2O7S.C4H4O4/c1-33(16-18-40-23-20-27(37-4)30(39-6)28(21-23)38-5)15-9-10-17-41-26-14-13-22(36-3)19-24(26)31-32(35)34(2)25-11-7-8-12-29(25)42-31;5-3(6)1-2-4(7)8/h7-8,11-14,19-21,31H,9-10,15-18H2,1-6H3;1-2H,(H,5,6)(H,7,8). The molecule has 3 aromatic rings. The summed E-state index contributed by atoms with van der Waals surface area (Å²) >= 11 is 1.55. The summed E-state index contributed by atoms with van der Waals surface area (Å²) in [5.74, 6) is 1.23. The highest BCUT2D eigenvalue weighted by atomic mass is 32.2. The lowest BCUT2D eigenvalue weighted by atomic mass is 10.1. The van der Waals surface area contributed by atoms with Crippen molar-refractivity contribution < 1.29 is 53.0 Å². The van der Waals surface area contributed by atoms with E-state index >= 15 is 0 Å². The minimum absolute atomic E-state index is 0.0205. The Hall–Kier alpha value is -5.08. The summed E-state index contributed by atoms with van der Waals surface area (Å²) in [5, 5.41) is 15.2. The molecule has 270 valence electrons. The highest BCUT2D eigenvalue weighted by Gasteiger charge is 2.34. The molecule has 1 atom stereocenters. The van der Waals surface area contributed by atoms with Crippen molar-refractivity contribution in [3.8, 4) is 34.5 Å². The highest BCUT2D eigenvalue weighted by Crippen LogP contribution is 2.48. The van der Waals surface area contributed by atoms with Gasteiger partial charge in [0.15, 0.2) is 11.5 Å². The summed E-state index contributed by atoms with van der Waals surface area (Å²) < 4.78 is 33.8. The van der Waals surface area contributed by atoms with Gasteiger partial charge in [-0.3, -0.25) is 4.79 Å². The third-order valence-electron chi connectivity index (χ3n) is 7.47. The monoisotopic (exact) mass is 712 g/mol. The molecule has 50 heavy (non-hydrogen) atoms. The number of fused-ring (bicyclic) bond motifs is 1. The number of thioether (sulfide) groups is 1.